The lowest BCUT2D eigenvalue weighted by atomic mass is 9.80. The zero-order chi connectivity index (χ0) is 19.9. The van der Waals surface area contributed by atoms with Gasteiger partial charge >= 0.3 is 0 Å². The molecule has 0 spiro atoms. The van der Waals surface area contributed by atoms with E-state index in [0.717, 1.165) is 46.8 Å². The van der Waals surface area contributed by atoms with Crippen LogP contribution in [-0.4, -0.2) is 35.8 Å². The van der Waals surface area contributed by atoms with Gasteiger partial charge in [-0.1, -0.05) is 18.2 Å². The molecule has 148 valence electrons. The minimum atomic E-state index is -3.26. The highest BCUT2D eigenvalue weighted by Crippen LogP contribution is 2.42. The van der Waals surface area contributed by atoms with Crippen LogP contribution in [0.2, 0.25) is 0 Å². The maximum atomic E-state index is 11.4. The van der Waals surface area contributed by atoms with Crippen LogP contribution in [0.1, 0.15) is 24.4 Å². The van der Waals surface area contributed by atoms with Gasteiger partial charge in [0.05, 0.1) is 11.6 Å². The van der Waals surface area contributed by atoms with Crippen molar-refractivity contribution in [1.29, 1.82) is 0 Å². The van der Waals surface area contributed by atoms with Gasteiger partial charge in [-0.3, -0.25) is 0 Å². The molecule has 2 heterocycles. The fraction of sp³-hybridized carbons (Fsp3) is 0.368. The topological polar surface area (TPSA) is 129 Å². The smallest absolute Gasteiger partial charge is 0.209 e. The van der Waals surface area contributed by atoms with Crippen molar-refractivity contribution >= 4 is 26.9 Å². The van der Waals surface area contributed by atoms with Crippen LogP contribution in [0.3, 0.4) is 0 Å². The third-order valence-electron chi connectivity index (χ3n) is 5.35. The number of sulfonamides is 1. The number of anilines is 1. The summed E-state index contributed by atoms with van der Waals surface area (Å²) in [5, 5.41) is 0.826. The number of hydrogen-bond donors (Lipinski definition) is 3. The summed E-state index contributed by atoms with van der Waals surface area (Å²) in [5.74, 6) is 0.989. The van der Waals surface area contributed by atoms with Crippen LogP contribution in [0.25, 0.3) is 22.2 Å². The Morgan fingerprint density at radius 1 is 1.29 bits per heavy atom. The first-order chi connectivity index (χ1) is 13.4. The SMILES string of the molecule is CS(=O)(=O)NCc1cccc(-c2cn([C@H]3C[C@@H](CN)C3)c3ncnc(N)c23)c1. The summed E-state index contributed by atoms with van der Waals surface area (Å²) < 4.78 is 27.5. The van der Waals surface area contributed by atoms with E-state index in [4.69, 9.17) is 11.5 Å². The Morgan fingerprint density at radius 2 is 2.07 bits per heavy atom. The van der Waals surface area contributed by atoms with Gasteiger partial charge in [-0.05, 0) is 42.5 Å². The van der Waals surface area contributed by atoms with E-state index in [1.165, 1.54) is 6.33 Å². The molecule has 1 aliphatic carbocycles. The van der Waals surface area contributed by atoms with Crippen molar-refractivity contribution in [3.63, 3.8) is 0 Å². The molecule has 9 heteroatoms. The molecule has 0 unspecified atom stereocenters. The van der Waals surface area contributed by atoms with Gasteiger partial charge in [0, 0.05) is 24.3 Å². The molecule has 0 amide bonds. The summed E-state index contributed by atoms with van der Waals surface area (Å²) in [6.07, 6.45) is 6.78. The number of nitrogen functional groups attached to an aromatic ring is 1. The fourth-order valence-corrected chi connectivity index (χ4v) is 4.22. The van der Waals surface area contributed by atoms with E-state index >= 15 is 0 Å². The third kappa shape index (κ3) is 3.60. The molecule has 4 rings (SSSR count). The zero-order valence-corrected chi connectivity index (χ0v) is 16.5. The molecular weight excluding hydrogens is 376 g/mol. The molecule has 5 N–H and O–H groups in total. The van der Waals surface area contributed by atoms with Crippen LogP contribution in [-0.2, 0) is 16.6 Å². The quantitative estimate of drug-likeness (QED) is 0.577. The lowest BCUT2D eigenvalue weighted by Crippen LogP contribution is -2.31. The average Bonchev–Trinajstić information content (AvgIpc) is 3.00. The molecule has 0 bridgehead atoms. The van der Waals surface area contributed by atoms with Crippen LogP contribution < -0.4 is 16.2 Å². The zero-order valence-electron chi connectivity index (χ0n) is 15.7. The molecule has 3 aromatic rings. The van der Waals surface area contributed by atoms with Crippen LogP contribution in [0.5, 0.6) is 0 Å². The van der Waals surface area contributed by atoms with E-state index in [-0.39, 0.29) is 6.54 Å². The number of nitrogens with one attached hydrogen (secondary N) is 1. The van der Waals surface area contributed by atoms with Gasteiger partial charge in [0.25, 0.3) is 0 Å². The molecule has 0 saturated heterocycles. The molecule has 28 heavy (non-hydrogen) atoms. The van der Waals surface area contributed by atoms with Crippen LogP contribution in [0.15, 0.2) is 36.8 Å². The maximum Gasteiger partial charge on any atom is 0.209 e. The first-order valence-corrected chi connectivity index (χ1v) is 11.1. The molecule has 1 aliphatic rings. The van der Waals surface area contributed by atoms with E-state index in [9.17, 15) is 8.42 Å². The molecule has 0 atom stereocenters. The van der Waals surface area contributed by atoms with Crippen molar-refractivity contribution in [2.24, 2.45) is 11.7 Å². The number of hydrogen-bond acceptors (Lipinski definition) is 6. The van der Waals surface area contributed by atoms with Crippen molar-refractivity contribution in [2.75, 3.05) is 18.5 Å². The molecular formula is C19H24N6O2S. The number of nitrogens with two attached hydrogens (primary N) is 2. The van der Waals surface area contributed by atoms with E-state index in [1.807, 2.05) is 24.3 Å². The van der Waals surface area contributed by atoms with Crippen LogP contribution >= 0.6 is 0 Å². The number of aromatic nitrogens is 3. The maximum absolute atomic E-state index is 11.4. The second-order valence-corrected chi connectivity index (χ2v) is 9.26. The van der Waals surface area contributed by atoms with Crippen LogP contribution in [0, 0.1) is 5.92 Å². The number of rotatable bonds is 6. The Kier molecular flexibility index (Phi) is 4.82. The standard InChI is InChI=1S/C19H24N6O2S/c1-28(26,27)24-9-12-3-2-4-14(5-12)16-10-25(15-6-13(7-15)8-20)19-17(16)18(21)22-11-23-19/h2-5,10-11,13,15,24H,6-9,20H2,1H3,(H2,21,22,23)/t13-,15+. The van der Waals surface area contributed by atoms with Crippen molar-refractivity contribution in [3.8, 4) is 11.1 Å². The highest BCUT2D eigenvalue weighted by atomic mass is 32.2. The second-order valence-electron chi connectivity index (χ2n) is 7.43. The van der Waals surface area contributed by atoms with Crippen molar-refractivity contribution in [1.82, 2.24) is 19.3 Å². The first-order valence-electron chi connectivity index (χ1n) is 9.20. The highest BCUT2D eigenvalue weighted by molar-refractivity contribution is 7.88. The molecule has 0 aliphatic heterocycles. The highest BCUT2D eigenvalue weighted by Gasteiger charge is 2.31. The summed E-state index contributed by atoms with van der Waals surface area (Å²) in [4.78, 5) is 8.66. The molecule has 8 nitrogen and oxygen atoms in total. The second kappa shape index (κ2) is 7.16. The van der Waals surface area contributed by atoms with E-state index in [1.54, 1.807) is 0 Å². The summed E-state index contributed by atoms with van der Waals surface area (Å²) >= 11 is 0. The summed E-state index contributed by atoms with van der Waals surface area (Å²) in [6, 6.07) is 8.10. The van der Waals surface area contributed by atoms with Gasteiger partial charge in [-0.15, -0.1) is 0 Å². The fourth-order valence-electron chi connectivity index (χ4n) is 3.79. The number of fused-ring (bicyclic) bond motifs is 1. The van der Waals surface area contributed by atoms with Crippen molar-refractivity contribution in [3.05, 3.63) is 42.4 Å². The average molecular weight is 401 g/mol. The van der Waals surface area contributed by atoms with Gasteiger partial charge < -0.3 is 16.0 Å². The minimum Gasteiger partial charge on any atom is -0.383 e. The van der Waals surface area contributed by atoms with Gasteiger partial charge in [0.2, 0.25) is 10.0 Å². The lowest BCUT2D eigenvalue weighted by molar-refractivity contribution is 0.209. The molecule has 1 saturated carbocycles. The van der Waals surface area contributed by atoms with Gasteiger partial charge in [-0.25, -0.2) is 23.1 Å². The summed E-state index contributed by atoms with van der Waals surface area (Å²) in [5.41, 5.74) is 15.6. The summed E-state index contributed by atoms with van der Waals surface area (Å²) in [6.45, 7) is 0.938. The van der Waals surface area contributed by atoms with E-state index in [2.05, 4.69) is 25.5 Å². The Bertz CT molecular complexity index is 1120. The molecule has 1 aromatic carbocycles. The first kappa shape index (κ1) is 18.9. The van der Waals surface area contributed by atoms with Gasteiger partial charge in [0.1, 0.15) is 17.8 Å². The molecule has 1 fully saturated rings. The predicted molar refractivity (Wildman–Crippen MR) is 110 cm³/mol. The van der Waals surface area contributed by atoms with Gasteiger partial charge in [-0.2, -0.15) is 0 Å². The number of benzene rings is 1. The normalized spacial score (nSPS) is 19.6. The van der Waals surface area contributed by atoms with Gasteiger partial charge in [0.15, 0.2) is 0 Å². The summed E-state index contributed by atoms with van der Waals surface area (Å²) in [7, 11) is -3.26. The Morgan fingerprint density at radius 3 is 2.79 bits per heavy atom. The Labute approximate surface area is 164 Å². The predicted octanol–water partition coefficient (Wildman–Crippen LogP) is 1.64. The molecule has 2 aromatic heterocycles. The van der Waals surface area contributed by atoms with E-state index < -0.39 is 10.0 Å². The Balaban J connectivity index is 1.75. The van der Waals surface area contributed by atoms with Crippen molar-refractivity contribution in [2.45, 2.75) is 25.4 Å². The third-order valence-corrected chi connectivity index (χ3v) is 6.02. The Hall–Kier alpha value is -2.49. The van der Waals surface area contributed by atoms with Crippen LogP contribution in [0.4, 0.5) is 5.82 Å². The molecule has 0 radical (unpaired) electrons. The largest absolute Gasteiger partial charge is 0.383 e. The van der Waals surface area contributed by atoms with Crippen molar-refractivity contribution < 1.29 is 8.42 Å². The lowest BCUT2D eigenvalue weighted by Gasteiger charge is -2.35. The monoisotopic (exact) mass is 400 g/mol. The van der Waals surface area contributed by atoms with E-state index in [0.29, 0.717) is 24.3 Å². The minimum absolute atomic E-state index is 0.234. The number of nitrogens with zero attached hydrogens (tertiary/aromatic N) is 3.